The number of anilines is 1. The van der Waals surface area contributed by atoms with Crippen LogP contribution in [0.15, 0.2) is 58.7 Å². The zero-order chi connectivity index (χ0) is 22.4. The molecule has 0 radical (unpaired) electrons. The Morgan fingerprint density at radius 2 is 2.00 bits per heavy atom. The average Bonchev–Trinajstić information content (AvgIpc) is 3.07. The molecule has 3 rings (SSSR count). The molecule has 31 heavy (non-hydrogen) atoms. The maximum absolute atomic E-state index is 12.3. The Labute approximate surface area is 181 Å². The Morgan fingerprint density at radius 1 is 1.26 bits per heavy atom. The molecule has 0 aliphatic heterocycles. The predicted octanol–water partition coefficient (Wildman–Crippen LogP) is 3.47. The van der Waals surface area contributed by atoms with Crippen LogP contribution in [-0.2, 0) is 9.63 Å². The maximum atomic E-state index is 12.3. The highest BCUT2D eigenvalue weighted by atomic mass is 32.2. The molecule has 0 saturated carbocycles. The van der Waals surface area contributed by atoms with E-state index in [0.717, 1.165) is 11.4 Å². The van der Waals surface area contributed by atoms with E-state index in [9.17, 15) is 13.6 Å². The SMILES string of the molecule is Cc1cc(C)n(-c2ccc(/C(N)=N/OCC(=O)Nc3ccc(SC(F)F)cc3)cn2)n1. The molecule has 0 fully saturated rings. The Hall–Kier alpha value is -3.47. The van der Waals surface area contributed by atoms with Crippen LogP contribution in [0.4, 0.5) is 14.5 Å². The number of rotatable bonds is 8. The van der Waals surface area contributed by atoms with Crippen LogP contribution >= 0.6 is 11.8 Å². The van der Waals surface area contributed by atoms with Crippen LogP contribution in [0.5, 0.6) is 0 Å². The van der Waals surface area contributed by atoms with Crippen molar-refractivity contribution in [1.82, 2.24) is 14.8 Å². The van der Waals surface area contributed by atoms with E-state index < -0.39 is 11.7 Å². The molecular weight excluding hydrogens is 426 g/mol. The molecule has 11 heteroatoms. The first-order valence-electron chi connectivity index (χ1n) is 9.12. The molecule has 0 bridgehead atoms. The van der Waals surface area contributed by atoms with E-state index in [1.54, 1.807) is 16.8 Å². The lowest BCUT2D eigenvalue weighted by atomic mass is 10.2. The van der Waals surface area contributed by atoms with Gasteiger partial charge in [0, 0.05) is 28.0 Å². The monoisotopic (exact) mass is 446 g/mol. The van der Waals surface area contributed by atoms with Gasteiger partial charge in [-0.25, -0.2) is 9.67 Å². The molecule has 0 spiro atoms. The van der Waals surface area contributed by atoms with Gasteiger partial charge in [0.1, 0.15) is 0 Å². The number of hydrogen-bond donors (Lipinski definition) is 2. The van der Waals surface area contributed by atoms with Gasteiger partial charge in [-0.3, -0.25) is 4.79 Å². The summed E-state index contributed by atoms with van der Waals surface area (Å²) in [6, 6.07) is 11.5. The van der Waals surface area contributed by atoms with E-state index in [4.69, 9.17) is 10.6 Å². The van der Waals surface area contributed by atoms with E-state index in [2.05, 4.69) is 20.6 Å². The summed E-state index contributed by atoms with van der Waals surface area (Å²) in [6.45, 7) is 3.46. The van der Waals surface area contributed by atoms with Crippen LogP contribution < -0.4 is 11.1 Å². The number of nitrogens with zero attached hydrogens (tertiary/aromatic N) is 4. The van der Waals surface area contributed by atoms with Crippen molar-refractivity contribution >= 4 is 29.2 Å². The van der Waals surface area contributed by atoms with Gasteiger partial charge >= 0.3 is 0 Å². The van der Waals surface area contributed by atoms with E-state index in [-0.39, 0.29) is 12.4 Å². The standard InChI is InChI=1S/C20H20F2N6O2S/c1-12-9-13(2)28(26-12)17-8-3-14(10-24-17)19(23)27-30-11-18(29)25-15-4-6-16(7-5-15)31-20(21)22/h3-10,20H,11H2,1-2H3,(H2,23,27)(H,25,29). The molecule has 0 saturated heterocycles. The summed E-state index contributed by atoms with van der Waals surface area (Å²) in [5.74, 6) is -2.26. The number of amidine groups is 1. The zero-order valence-corrected chi connectivity index (χ0v) is 17.6. The minimum absolute atomic E-state index is 0.0635. The summed E-state index contributed by atoms with van der Waals surface area (Å²) in [5, 5.41) is 10.7. The molecule has 8 nitrogen and oxygen atoms in total. The van der Waals surface area contributed by atoms with Crippen LogP contribution in [0.25, 0.3) is 5.82 Å². The number of carbonyl (C=O) groups excluding carboxylic acids is 1. The number of halogens is 2. The lowest BCUT2D eigenvalue weighted by molar-refractivity contribution is -0.120. The van der Waals surface area contributed by atoms with Crippen LogP contribution in [0.2, 0.25) is 0 Å². The van der Waals surface area contributed by atoms with Crippen LogP contribution in [-0.4, -0.2) is 38.9 Å². The average molecular weight is 446 g/mol. The normalized spacial score (nSPS) is 11.6. The van der Waals surface area contributed by atoms with Gasteiger partial charge in [0.05, 0.1) is 5.69 Å². The highest BCUT2D eigenvalue weighted by Crippen LogP contribution is 2.26. The fraction of sp³-hybridized carbons (Fsp3) is 0.200. The van der Waals surface area contributed by atoms with Crippen molar-refractivity contribution in [2.24, 2.45) is 10.9 Å². The first kappa shape index (κ1) is 22.2. The van der Waals surface area contributed by atoms with Crippen molar-refractivity contribution in [3.63, 3.8) is 0 Å². The summed E-state index contributed by atoms with van der Waals surface area (Å²) < 4.78 is 26.4. The van der Waals surface area contributed by atoms with Crippen molar-refractivity contribution in [2.45, 2.75) is 24.5 Å². The number of aromatic nitrogens is 3. The highest BCUT2D eigenvalue weighted by Gasteiger charge is 2.08. The lowest BCUT2D eigenvalue weighted by Gasteiger charge is -2.07. The molecule has 1 amide bonds. The second-order valence-corrected chi connectivity index (χ2v) is 7.51. The molecule has 2 heterocycles. The Kier molecular flexibility index (Phi) is 7.19. The van der Waals surface area contributed by atoms with Crippen molar-refractivity contribution in [3.05, 3.63) is 65.6 Å². The number of carbonyl (C=O) groups is 1. The van der Waals surface area contributed by atoms with Gasteiger partial charge in [-0.2, -0.15) is 13.9 Å². The van der Waals surface area contributed by atoms with Crippen molar-refractivity contribution in [2.75, 3.05) is 11.9 Å². The van der Waals surface area contributed by atoms with Crippen LogP contribution in [0.3, 0.4) is 0 Å². The summed E-state index contributed by atoms with van der Waals surface area (Å²) in [6.07, 6.45) is 1.53. The van der Waals surface area contributed by atoms with Gasteiger partial charge in [-0.1, -0.05) is 16.9 Å². The van der Waals surface area contributed by atoms with Crippen molar-refractivity contribution < 1.29 is 18.4 Å². The third-order valence-corrected chi connectivity index (χ3v) is 4.71. The Bertz CT molecular complexity index is 1070. The molecule has 0 aliphatic rings. The third kappa shape index (κ3) is 6.25. The fourth-order valence-electron chi connectivity index (χ4n) is 2.65. The Morgan fingerprint density at radius 3 is 2.58 bits per heavy atom. The summed E-state index contributed by atoms with van der Waals surface area (Å²) in [7, 11) is 0. The van der Waals surface area contributed by atoms with Gasteiger partial charge < -0.3 is 15.9 Å². The van der Waals surface area contributed by atoms with Gasteiger partial charge in [0.2, 0.25) is 0 Å². The van der Waals surface area contributed by atoms with Gasteiger partial charge in [-0.05, 0) is 56.3 Å². The largest absolute Gasteiger partial charge is 0.384 e. The smallest absolute Gasteiger partial charge is 0.288 e. The first-order valence-corrected chi connectivity index (χ1v) is 10.00. The van der Waals surface area contributed by atoms with E-state index in [0.29, 0.717) is 33.7 Å². The van der Waals surface area contributed by atoms with Crippen molar-refractivity contribution in [1.29, 1.82) is 0 Å². The molecule has 3 aromatic rings. The van der Waals surface area contributed by atoms with Crippen molar-refractivity contribution in [3.8, 4) is 5.82 Å². The number of nitrogens with two attached hydrogens (primary N) is 1. The van der Waals surface area contributed by atoms with E-state index in [1.165, 1.54) is 30.5 Å². The number of hydrogen-bond acceptors (Lipinski definition) is 6. The second kappa shape index (κ2) is 10.0. The molecular formula is C20H20F2N6O2S. The molecule has 3 N–H and O–H groups in total. The topological polar surface area (TPSA) is 107 Å². The number of pyridine rings is 1. The maximum Gasteiger partial charge on any atom is 0.288 e. The fourth-order valence-corrected chi connectivity index (χ4v) is 3.15. The minimum Gasteiger partial charge on any atom is -0.384 e. The molecule has 0 unspecified atom stereocenters. The highest BCUT2D eigenvalue weighted by molar-refractivity contribution is 7.99. The quantitative estimate of drug-likeness (QED) is 0.237. The second-order valence-electron chi connectivity index (χ2n) is 6.44. The van der Waals surface area contributed by atoms with Gasteiger partial charge in [0.25, 0.3) is 11.7 Å². The van der Waals surface area contributed by atoms with E-state index in [1.807, 2.05) is 19.9 Å². The lowest BCUT2D eigenvalue weighted by Crippen LogP contribution is -2.19. The summed E-state index contributed by atoms with van der Waals surface area (Å²) in [5.41, 5.74) is 8.70. The van der Waals surface area contributed by atoms with Crippen LogP contribution in [0, 0.1) is 13.8 Å². The zero-order valence-electron chi connectivity index (χ0n) is 16.8. The molecule has 0 atom stereocenters. The number of alkyl halides is 2. The van der Waals surface area contributed by atoms with Crippen LogP contribution in [0.1, 0.15) is 17.0 Å². The number of aryl methyl sites for hydroxylation is 2. The Balaban J connectivity index is 1.52. The molecule has 2 aromatic heterocycles. The van der Waals surface area contributed by atoms with E-state index >= 15 is 0 Å². The molecule has 0 aliphatic carbocycles. The first-order chi connectivity index (χ1) is 14.8. The molecule has 162 valence electrons. The number of amides is 1. The molecule has 1 aromatic carbocycles. The third-order valence-electron chi connectivity index (χ3n) is 3.99. The number of thioether (sulfide) groups is 1. The summed E-state index contributed by atoms with van der Waals surface area (Å²) in [4.78, 5) is 21.7. The number of oxime groups is 1. The minimum atomic E-state index is -2.50. The predicted molar refractivity (Wildman–Crippen MR) is 114 cm³/mol. The van der Waals surface area contributed by atoms with Gasteiger partial charge in [-0.15, -0.1) is 0 Å². The van der Waals surface area contributed by atoms with Gasteiger partial charge in [0.15, 0.2) is 18.3 Å². The summed E-state index contributed by atoms with van der Waals surface area (Å²) >= 11 is 0.430. The number of benzene rings is 1. The number of nitrogens with one attached hydrogen (secondary N) is 1.